The van der Waals surface area contributed by atoms with Crippen molar-refractivity contribution in [1.82, 2.24) is 9.80 Å². The van der Waals surface area contributed by atoms with Crippen molar-refractivity contribution >= 4 is 33.5 Å². The van der Waals surface area contributed by atoms with Gasteiger partial charge < -0.3 is 0 Å². The molecule has 0 unspecified atom stereocenters. The van der Waals surface area contributed by atoms with Crippen molar-refractivity contribution in [2.24, 2.45) is 0 Å². The summed E-state index contributed by atoms with van der Waals surface area (Å²) < 4.78 is 23.0. The molecule has 1 saturated heterocycles. The average Bonchev–Trinajstić information content (AvgIpc) is 2.86. The molecule has 1 heterocycles. The van der Waals surface area contributed by atoms with E-state index in [1.807, 2.05) is 0 Å². The van der Waals surface area contributed by atoms with Crippen molar-refractivity contribution in [2.75, 3.05) is 12.8 Å². The Hall–Kier alpha value is -3.33. The summed E-state index contributed by atoms with van der Waals surface area (Å²) in [6, 6.07) is 13.0. The van der Waals surface area contributed by atoms with Gasteiger partial charge in [-0.3, -0.25) is 19.3 Å². The van der Waals surface area contributed by atoms with Gasteiger partial charge in [0.1, 0.15) is 0 Å². The van der Waals surface area contributed by atoms with Gasteiger partial charge in [-0.05, 0) is 17.7 Å². The second-order valence-electron chi connectivity index (χ2n) is 6.27. The molecule has 2 aromatic rings. The SMILES string of the molecule is CS(=O)(=O)c1ccc(C(=O)CN2C(=O)C(=O)N(Cc3ccccc3)C2=O)cc1. The van der Waals surface area contributed by atoms with Crippen LogP contribution in [-0.4, -0.2) is 54.6 Å². The summed E-state index contributed by atoms with van der Waals surface area (Å²) in [5.74, 6) is -2.65. The lowest BCUT2D eigenvalue weighted by Crippen LogP contribution is -2.36. The predicted octanol–water partition coefficient (Wildman–Crippen LogP) is 1.26. The monoisotopic (exact) mass is 400 g/mol. The van der Waals surface area contributed by atoms with E-state index in [1.165, 1.54) is 24.3 Å². The maximum Gasteiger partial charge on any atom is 0.334 e. The highest BCUT2D eigenvalue weighted by Gasteiger charge is 2.45. The molecule has 0 aromatic heterocycles. The molecule has 0 spiro atoms. The minimum absolute atomic E-state index is 0.0431. The summed E-state index contributed by atoms with van der Waals surface area (Å²) in [7, 11) is -3.41. The number of imide groups is 2. The van der Waals surface area contributed by atoms with Crippen molar-refractivity contribution in [2.45, 2.75) is 11.4 Å². The van der Waals surface area contributed by atoms with E-state index in [-0.39, 0.29) is 17.0 Å². The Bertz CT molecular complexity index is 1060. The van der Waals surface area contributed by atoms with E-state index in [4.69, 9.17) is 0 Å². The number of urea groups is 1. The third-order valence-electron chi connectivity index (χ3n) is 4.22. The average molecular weight is 400 g/mol. The van der Waals surface area contributed by atoms with E-state index in [0.29, 0.717) is 10.5 Å². The molecule has 4 amide bonds. The molecule has 0 aliphatic carbocycles. The summed E-state index contributed by atoms with van der Waals surface area (Å²) in [6.45, 7) is -0.676. The third kappa shape index (κ3) is 3.84. The van der Waals surface area contributed by atoms with Crippen molar-refractivity contribution < 1.29 is 27.6 Å². The van der Waals surface area contributed by atoms with E-state index in [1.54, 1.807) is 30.3 Å². The number of ketones is 1. The molecule has 0 atom stereocenters. The van der Waals surface area contributed by atoms with Crippen LogP contribution in [0, 0.1) is 0 Å². The first-order chi connectivity index (χ1) is 13.2. The van der Waals surface area contributed by atoms with Gasteiger partial charge in [0.2, 0.25) is 0 Å². The number of hydrogen-bond donors (Lipinski definition) is 0. The number of rotatable bonds is 6. The highest BCUT2D eigenvalue weighted by atomic mass is 32.2. The summed E-state index contributed by atoms with van der Waals surface area (Å²) >= 11 is 0. The lowest BCUT2D eigenvalue weighted by atomic mass is 10.1. The van der Waals surface area contributed by atoms with E-state index >= 15 is 0 Å². The molecular formula is C19H16N2O6S. The predicted molar refractivity (Wildman–Crippen MR) is 98.0 cm³/mol. The second kappa shape index (κ2) is 7.35. The summed E-state index contributed by atoms with van der Waals surface area (Å²) in [6.07, 6.45) is 1.04. The Morgan fingerprint density at radius 2 is 1.43 bits per heavy atom. The number of carbonyl (C=O) groups is 4. The molecule has 1 aliphatic heterocycles. The molecule has 0 N–H and O–H groups in total. The van der Waals surface area contributed by atoms with Gasteiger partial charge in [-0.2, -0.15) is 0 Å². The fourth-order valence-corrected chi connectivity index (χ4v) is 3.35. The van der Waals surface area contributed by atoms with Crippen LogP contribution in [0.3, 0.4) is 0 Å². The van der Waals surface area contributed by atoms with Gasteiger partial charge in [-0.15, -0.1) is 0 Å². The number of hydrogen-bond acceptors (Lipinski definition) is 6. The number of Topliss-reactive ketones (excluding diaryl/α,β-unsaturated/α-hetero) is 1. The zero-order valence-electron chi connectivity index (χ0n) is 14.9. The maximum absolute atomic E-state index is 12.5. The Morgan fingerprint density at radius 1 is 0.857 bits per heavy atom. The van der Waals surface area contributed by atoms with Gasteiger partial charge in [0.15, 0.2) is 15.6 Å². The Balaban J connectivity index is 1.74. The van der Waals surface area contributed by atoms with Gasteiger partial charge in [0.05, 0.1) is 18.0 Å². The topological polar surface area (TPSA) is 109 Å². The second-order valence-corrected chi connectivity index (χ2v) is 8.29. The summed E-state index contributed by atoms with van der Waals surface area (Å²) in [5, 5.41) is 0. The molecular weight excluding hydrogens is 384 g/mol. The highest BCUT2D eigenvalue weighted by molar-refractivity contribution is 7.90. The first-order valence-electron chi connectivity index (χ1n) is 8.23. The standard InChI is InChI=1S/C19H16N2O6S/c1-28(26,27)15-9-7-14(8-10-15)16(22)12-21-18(24)17(23)20(19(21)25)11-13-5-3-2-4-6-13/h2-10H,11-12H2,1H3. The number of carbonyl (C=O) groups excluding carboxylic acids is 4. The van der Waals surface area contributed by atoms with Crippen LogP contribution in [0.1, 0.15) is 15.9 Å². The van der Waals surface area contributed by atoms with Gasteiger partial charge in [0.25, 0.3) is 0 Å². The fraction of sp³-hybridized carbons (Fsp3) is 0.158. The van der Waals surface area contributed by atoms with Crippen LogP contribution in [0.15, 0.2) is 59.5 Å². The molecule has 0 saturated carbocycles. The van der Waals surface area contributed by atoms with E-state index in [9.17, 15) is 27.6 Å². The Labute approximate surface area is 161 Å². The van der Waals surface area contributed by atoms with Crippen LogP contribution in [0.2, 0.25) is 0 Å². The van der Waals surface area contributed by atoms with E-state index < -0.39 is 40.0 Å². The lowest BCUT2D eigenvalue weighted by Gasteiger charge is -2.15. The maximum atomic E-state index is 12.5. The van der Waals surface area contributed by atoms with Crippen molar-refractivity contribution in [1.29, 1.82) is 0 Å². The van der Waals surface area contributed by atoms with Crippen LogP contribution >= 0.6 is 0 Å². The molecule has 144 valence electrons. The van der Waals surface area contributed by atoms with Crippen molar-refractivity contribution in [3.63, 3.8) is 0 Å². The first-order valence-corrected chi connectivity index (χ1v) is 10.1. The Kier molecular flexibility index (Phi) is 5.10. The molecule has 8 nitrogen and oxygen atoms in total. The van der Waals surface area contributed by atoms with E-state index in [0.717, 1.165) is 11.2 Å². The minimum atomic E-state index is -3.41. The first kappa shape index (κ1) is 19.4. The molecule has 28 heavy (non-hydrogen) atoms. The van der Waals surface area contributed by atoms with Crippen molar-refractivity contribution in [3.8, 4) is 0 Å². The van der Waals surface area contributed by atoms with E-state index in [2.05, 4.69) is 0 Å². The van der Waals surface area contributed by atoms with Crippen LogP contribution in [0.5, 0.6) is 0 Å². The van der Waals surface area contributed by atoms with Gasteiger partial charge in [0, 0.05) is 11.8 Å². The molecule has 3 rings (SSSR count). The number of benzene rings is 2. The fourth-order valence-electron chi connectivity index (χ4n) is 2.72. The molecule has 2 aromatic carbocycles. The Morgan fingerprint density at radius 3 is 2.00 bits per heavy atom. The summed E-state index contributed by atoms with van der Waals surface area (Å²) in [5.41, 5.74) is 0.795. The number of nitrogens with zero attached hydrogens (tertiary/aromatic N) is 2. The van der Waals surface area contributed by atoms with Crippen LogP contribution in [-0.2, 0) is 26.0 Å². The van der Waals surface area contributed by atoms with Crippen LogP contribution in [0.4, 0.5) is 4.79 Å². The molecule has 0 radical (unpaired) electrons. The largest absolute Gasteiger partial charge is 0.334 e. The minimum Gasteiger partial charge on any atom is -0.292 e. The van der Waals surface area contributed by atoms with Gasteiger partial charge in [-0.1, -0.05) is 42.5 Å². The zero-order valence-corrected chi connectivity index (χ0v) is 15.7. The third-order valence-corrected chi connectivity index (χ3v) is 5.35. The van der Waals surface area contributed by atoms with Gasteiger partial charge >= 0.3 is 17.8 Å². The molecule has 0 bridgehead atoms. The molecule has 1 aliphatic rings. The number of amides is 4. The number of sulfone groups is 1. The van der Waals surface area contributed by atoms with Crippen LogP contribution in [0.25, 0.3) is 0 Å². The molecule has 1 fully saturated rings. The van der Waals surface area contributed by atoms with Crippen molar-refractivity contribution in [3.05, 3.63) is 65.7 Å². The van der Waals surface area contributed by atoms with Crippen LogP contribution < -0.4 is 0 Å². The van der Waals surface area contributed by atoms with Gasteiger partial charge in [-0.25, -0.2) is 18.1 Å². The smallest absolute Gasteiger partial charge is 0.292 e. The highest BCUT2D eigenvalue weighted by Crippen LogP contribution is 2.17. The quantitative estimate of drug-likeness (QED) is 0.410. The normalized spacial score (nSPS) is 14.7. The zero-order chi connectivity index (χ0) is 20.5. The lowest BCUT2D eigenvalue weighted by molar-refractivity contribution is -0.143. The summed E-state index contributed by atoms with van der Waals surface area (Å²) in [4.78, 5) is 50.6. The molecule has 9 heteroatoms.